The van der Waals surface area contributed by atoms with E-state index in [4.69, 9.17) is 4.74 Å². The van der Waals surface area contributed by atoms with Crippen molar-refractivity contribution in [3.8, 4) is 5.75 Å². The van der Waals surface area contributed by atoms with E-state index in [9.17, 15) is 0 Å². The summed E-state index contributed by atoms with van der Waals surface area (Å²) in [7, 11) is 1.68. The fourth-order valence-corrected chi connectivity index (χ4v) is 3.18. The number of aromatic nitrogens is 3. The van der Waals surface area contributed by atoms with Crippen molar-refractivity contribution in [1.82, 2.24) is 25.4 Å². The lowest BCUT2D eigenvalue weighted by Crippen LogP contribution is -2.37. The zero-order valence-corrected chi connectivity index (χ0v) is 18.4. The number of guanidine groups is 1. The molecule has 0 spiro atoms. The largest absolute Gasteiger partial charge is 0.496 e. The number of aryl methyl sites for hydroxylation is 1. The van der Waals surface area contributed by atoms with E-state index in [0.717, 1.165) is 48.4 Å². The van der Waals surface area contributed by atoms with Crippen LogP contribution in [0.2, 0.25) is 0 Å². The van der Waals surface area contributed by atoms with Crippen molar-refractivity contribution in [3.05, 3.63) is 41.5 Å². The van der Waals surface area contributed by atoms with Gasteiger partial charge in [0.1, 0.15) is 11.6 Å². The van der Waals surface area contributed by atoms with Crippen molar-refractivity contribution in [2.24, 2.45) is 4.99 Å². The number of nitrogens with zero attached hydrogens (tertiary/aromatic N) is 4. The monoisotopic (exact) mass is 484 g/mol. The molecule has 0 radical (unpaired) electrons. The van der Waals surface area contributed by atoms with Crippen LogP contribution >= 0.6 is 24.0 Å². The van der Waals surface area contributed by atoms with Crippen LogP contribution in [0.15, 0.2) is 29.3 Å². The van der Waals surface area contributed by atoms with E-state index < -0.39 is 0 Å². The third-order valence-corrected chi connectivity index (χ3v) is 4.54. The van der Waals surface area contributed by atoms with Gasteiger partial charge in [-0.3, -0.25) is 0 Å². The Morgan fingerprint density at radius 1 is 1.19 bits per heavy atom. The smallest absolute Gasteiger partial charge is 0.191 e. The quantitative estimate of drug-likeness (QED) is 0.375. The summed E-state index contributed by atoms with van der Waals surface area (Å²) >= 11 is 0. The second-order valence-electron chi connectivity index (χ2n) is 6.36. The number of para-hydroxylation sites is 1. The Kier molecular flexibility index (Phi) is 8.83. The molecule has 2 heterocycles. The summed E-state index contributed by atoms with van der Waals surface area (Å²) < 4.78 is 7.65. The summed E-state index contributed by atoms with van der Waals surface area (Å²) in [5.41, 5.74) is 1.06. The van der Waals surface area contributed by atoms with Gasteiger partial charge in [-0.15, -0.1) is 34.2 Å². The number of fused-ring (bicyclic) bond motifs is 1. The van der Waals surface area contributed by atoms with E-state index in [1.54, 1.807) is 7.11 Å². The maximum Gasteiger partial charge on any atom is 0.191 e. The Balaban J connectivity index is 0.00000261. The van der Waals surface area contributed by atoms with E-state index in [1.165, 1.54) is 19.3 Å². The van der Waals surface area contributed by atoms with E-state index in [2.05, 4.69) is 37.3 Å². The van der Waals surface area contributed by atoms with Gasteiger partial charge in [-0.25, -0.2) is 4.99 Å². The molecule has 3 rings (SSSR count). The van der Waals surface area contributed by atoms with Crippen molar-refractivity contribution in [3.63, 3.8) is 0 Å². The van der Waals surface area contributed by atoms with E-state index in [-0.39, 0.29) is 24.0 Å². The van der Waals surface area contributed by atoms with Crippen LogP contribution in [-0.4, -0.2) is 34.4 Å². The molecule has 1 aromatic heterocycles. The maximum absolute atomic E-state index is 5.40. The summed E-state index contributed by atoms with van der Waals surface area (Å²) in [5.74, 6) is 3.71. The van der Waals surface area contributed by atoms with Gasteiger partial charge in [-0.1, -0.05) is 24.6 Å². The maximum atomic E-state index is 5.40. The van der Waals surface area contributed by atoms with Gasteiger partial charge >= 0.3 is 0 Å². The second-order valence-corrected chi connectivity index (χ2v) is 6.36. The van der Waals surface area contributed by atoms with Gasteiger partial charge in [0.25, 0.3) is 0 Å². The van der Waals surface area contributed by atoms with Crippen LogP contribution in [0.3, 0.4) is 0 Å². The number of benzene rings is 1. The molecule has 0 atom stereocenters. The molecule has 8 heteroatoms. The molecule has 0 amide bonds. The predicted molar refractivity (Wildman–Crippen MR) is 118 cm³/mol. The Hall–Kier alpha value is -1.84. The average Bonchev–Trinajstić information content (AvgIpc) is 2.90. The minimum Gasteiger partial charge on any atom is -0.496 e. The molecule has 148 valence electrons. The fraction of sp³-hybridized carbons (Fsp3) is 0.526. The van der Waals surface area contributed by atoms with Crippen LogP contribution in [0, 0.1) is 0 Å². The Labute approximate surface area is 178 Å². The molecular formula is C19H29IN6O. The SMILES string of the molecule is CCNC(=NCc1ccccc1OC)NCc1nnc2n1CCCCC2.I. The molecule has 2 aromatic rings. The normalized spacial score (nSPS) is 13.9. The van der Waals surface area contributed by atoms with Gasteiger partial charge in [0, 0.05) is 25.1 Å². The molecule has 0 saturated carbocycles. The molecule has 0 unspecified atom stereocenters. The summed E-state index contributed by atoms with van der Waals surface area (Å²) in [6.07, 6.45) is 4.68. The molecule has 0 aliphatic carbocycles. The Morgan fingerprint density at radius 3 is 2.85 bits per heavy atom. The minimum atomic E-state index is 0. The number of rotatable bonds is 6. The highest BCUT2D eigenvalue weighted by Crippen LogP contribution is 2.18. The third kappa shape index (κ3) is 5.82. The van der Waals surface area contributed by atoms with Gasteiger partial charge in [0.15, 0.2) is 11.8 Å². The van der Waals surface area contributed by atoms with Gasteiger partial charge in [0.2, 0.25) is 0 Å². The van der Waals surface area contributed by atoms with Crippen LogP contribution in [0.5, 0.6) is 5.75 Å². The molecule has 1 aliphatic heterocycles. The van der Waals surface area contributed by atoms with Gasteiger partial charge < -0.3 is 19.9 Å². The minimum absolute atomic E-state index is 0. The molecule has 27 heavy (non-hydrogen) atoms. The first-order valence-corrected chi connectivity index (χ1v) is 9.37. The molecular weight excluding hydrogens is 455 g/mol. The zero-order chi connectivity index (χ0) is 18.2. The summed E-state index contributed by atoms with van der Waals surface area (Å²) in [4.78, 5) is 4.68. The molecule has 1 aromatic carbocycles. The van der Waals surface area contributed by atoms with Crippen molar-refractivity contribution in [2.45, 2.75) is 52.2 Å². The zero-order valence-electron chi connectivity index (χ0n) is 16.1. The van der Waals surface area contributed by atoms with Crippen molar-refractivity contribution < 1.29 is 4.74 Å². The molecule has 1 aliphatic rings. The van der Waals surface area contributed by atoms with Crippen LogP contribution in [0.25, 0.3) is 0 Å². The van der Waals surface area contributed by atoms with E-state index in [0.29, 0.717) is 13.1 Å². The second kappa shape index (κ2) is 11.1. The highest BCUT2D eigenvalue weighted by molar-refractivity contribution is 14.0. The standard InChI is InChI=1S/C19H28N6O.HI/c1-3-20-19(21-13-15-9-6-7-10-16(15)26-2)22-14-18-24-23-17-11-5-4-8-12-25(17)18;/h6-7,9-10H,3-5,8,11-14H2,1-2H3,(H2,20,21,22);1H. The lowest BCUT2D eigenvalue weighted by Gasteiger charge is -2.13. The van der Waals surface area contributed by atoms with Crippen LogP contribution < -0.4 is 15.4 Å². The lowest BCUT2D eigenvalue weighted by molar-refractivity contribution is 0.410. The number of hydrogen-bond acceptors (Lipinski definition) is 4. The first-order chi connectivity index (χ1) is 12.8. The molecule has 0 saturated heterocycles. The molecule has 0 fully saturated rings. The van der Waals surface area contributed by atoms with Gasteiger partial charge in [-0.2, -0.15) is 0 Å². The average molecular weight is 484 g/mol. The number of methoxy groups -OCH3 is 1. The first kappa shape index (κ1) is 21.5. The first-order valence-electron chi connectivity index (χ1n) is 9.37. The van der Waals surface area contributed by atoms with Gasteiger partial charge in [0.05, 0.1) is 20.2 Å². The van der Waals surface area contributed by atoms with Crippen LogP contribution in [-0.2, 0) is 26.1 Å². The number of nitrogens with one attached hydrogen (secondary N) is 2. The Bertz CT molecular complexity index is 746. The van der Waals surface area contributed by atoms with Crippen molar-refractivity contribution in [2.75, 3.05) is 13.7 Å². The number of aliphatic imine (C=N–C) groups is 1. The molecule has 7 nitrogen and oxygen atoms in total. The number of hydrogen-bond donors (Lipinski definition) is 2. The van der Waals surface area contributed by atoms with Crippen molar-refractivity contribution >= 4 is 29.9 Å². The van der Waals surface area contributed by atoms with E-state index in [1.807, 2.05) is 24.3 Å². The molecule has 2 N–H and O–H groups in total. The molecule has 0 bridgehead atoms. The third-order valence-electron chi connectivity index (χ3n) is 4.54. The van der Waals surface area contributed by atoms with Crippen molar-refractivity contribution in [1.29, 1.82) is 0 Å². The topological polar surface area (TPSA) is 76.4 Å². The lowest BCUT2D eigenvalue weighted by atomic mass is 10.2. The number of halogens is 1. The highest BCUT2D eigenvalue weighted by atomic mass is 127. The summed E-state index contributed by atoms with van der Waals surface area (Å²) in [5, 5.41) is 15.4. The van der Waals surface area contributed by atoms with E-state index >= 15 is 0 Å². The van der Waals surface area contributed by atoms with Gasteiger partial charge in [-0.05, 0) is 25.8 Å². The van der Waals surface area contributed by atoms with Crippen LogP contribution in [0.4, 0.5) is 0 Å². The summed E-state index contributed by atoms with van der Waals surface area (Å²) in [6, 6.07) is 7.95. The predicted octanol–water partition coefficient (Wildman–Crippen LogP) is 2.89. The number of ether oxygens (including phenoxy) is 1. The fourth-order valence-electron chi connectivity index (χ4n) is 3.18. The van der Waals surface area contributed by atoms with Crippen LogP contribution in [0.1, 0.15) is 43.4 Å². The highest BCUT2D eigenvalue weighted by Gasteiger charge is 2.14. The Morgan fingerprint density at radius 2 is 2.04 bits per heavy atom. The summed E-state index contributed by atoms with van der Waals surface area (Å²) in [6.45, 7) is 5.04.